The van der Waals surface area contributed by atoms with Gasteiger partial charge in [0.2, 0.25) is 0 Å². The van der Waals surface area contributed by atoms with E-state index in [-0.39, 0.29) is 5.92 Å². The molecule has 3 amide bonds. The van der Waals surface area contributed by atoms with Crippen LogP contribution in [0.15, 0.2) is 34.0 Å². The molecule has 0 bridgehead atoms. The Hall–Kier alpha value is -2.39. The summed E-state index contributed by atoms with van der Waals surface area (Å²) >= 11 is 3.07. The van der Waals surface area contributed by atoms with Crippen molar-refractivity contribution in [3.8, 4) is 0 Å². The zero-order chi connectivity index (χ0) is 20.0. The number of rotatable bonds is 7. The summed E-state index contributed by atoms with van der Waals surface area (Å²) in [5.41, 5.74) is 7.08. The highest BCUT2D eigenvalue weighted by atomic mass is 32.2. The Bertz CT molecular complexity index is 836. The number of urea groups is 1. The fourth-order valence-electron chi connectivity index (χ4n) is 2.25. The summed E-state index contributed by atoms with van der Waals surface area (Å²) in [7, 11) is 0. The molecule has 0 saturated heterocycles. The van der Waals surface area contributed by atoms with Crippen LogP contribution in [0.25, 0.3) is 0 Å². The maximum absolute atomic E-state index is 12.6. The molecule has 3 N–H and O–H groups in total. The highest BCUT2D eigenvalue weighted by molar-refractivity contribution is 8.00. The molecule has 7 nitrogen and oxygen atoms in total. The molecule has 1 atom stereocenters. The Morgan fingerprint density at radius 1 is 1.30 bits per heavy atom. The smallest absolute Gasteiger partial charge is 0.339 e. The fourth-order valence-corrected chi connectivity index (χ4v) is 4.10. The maximum Gasteiger partial charge on any atom is 0.339 e. The van der Waals surface area contributed by atoms with Crippen molar-refractivity contribution < 1.29 is 19.1 Å². The Morgan fingerprint density at radius 3 is 2.59 bits per heavy atom. The van der Waals surface area contributed by atoms with Crippen LogP contribution in [-0.4, -0.2) is 29.0 Å². The van der Waals surface area contributed by atoms with Crippen LogP contribution >= 0.6 is 23.1 Å². The van der Waals surface area contributed by atoms with Crippen LogP contribution in [0.5, 0.6) is 0 Å². The second kappa shape index (κ2) is 9.52. The van der Waals surface area contributed by atoms with Crippen molar-refractivity contribution in [2.45, 2.75) is 37.0 Å². The predicted molar refractivity (Wildman–Crippen MR) is 105 cm³/mol. The van der Waals surface area contributed by atoms with E-state index >= 15 is 0 Å². The fraction of sp³-hybridized carbons (Fsp3) is 0.333. The van der Waals surface area contributed by atoms with Crippen LogP contribution < -0.4 is 11.1 Å². The molecular weight excluding hydrogens is 386 g/mol. The van der Waals surface area contributed by atoms with Crippen LogP contribution in [-0.2, 0) is 15.3 Å². The molecule has 2 rings (SSSR count). The van der Waals surface area contributed by atoms with Gasteiger partial charge in [0.25, 0.3) is 5.91 Å². The predicted octanol–water partition coefficient (Wildman–Crippen LogP) is 3.12. The quantitative estimate of drug-likeness (QED) is 0.539. The molecule has 0 aliphatic heterocycles. The first-order valence-electron chi connectivity index (χ1n) is 8.22. The summed E-state index contributed by atoms with van der Waals surface area (Å²) in [4.78, 5) is 40.0. The van der Waals surface area contributed by atoms with Crippen molar-refractivity contribution in [1.29, 1.82) is 0 Å². The van der Waals surface area contributed by atoms with Crippen molar-refractivity contribution in [3.63, 3.8) is 0 Å². The zero-order valence-electron chi connectivity index (χ0n) is 15.2. The lowest BCUT2D eigenvalue weighted by molar-refractivity contribution is -0.130. The first-order chi connectivity index (χ1) is 12.8. The first kappa shape index (κ1) is 20.9. The number of carbonyl (C=O) groups excluding carboxylic acids is 3. The van der Waals surface area contributed by atoms with Gasteiger partial charge in [0.15, 0.2) is 6.10 Å². The summed E-state index contributed by atoms with van der Waals surface area (Å²) in [6.45, 7) is 5.35. The molecule has 1 aromatic heterocycles. The third kappa shape index (κ3) is 6.07. The minimum Gasteiger partial charge on any atom is -0.448 e. The number of hydrogen-bond acceptors (Lipinski definition) is 7. The molecule has 0 unspecified atom stereocenters. The van der Waals surface area contributed by atoms with Gasteiger partial charge in [-0.15, -0.1) is 11.3 Å². The number of amides is 3. The van der Waals surface area contributed by atoms with Crippen molar-refractivity contribution in [3.05, 3.63) is 46.5 Å². The second-order valence-corrected chi connectivity index (χ2v) is 8.20. The Kier molecular flexibility index (Phi) is 7.37. The SMILES string of the molecule is Cc1csc(SCc2ccccc2C(=O)O[C@@H](C(=O)NC(N)=O)C(C)C)n1. The minimum absolute atomic E-state index is 0.326. The molecule has 0 fully saturated rings. The van der Waals surface area contributed by atoms with E-state index in [1.165, 1.54) is 11.8 Å². The number of aryl methyl sites for hydroxylation is 1. The normalized spacial score (nSPS) is 11.9. The third-order valence-electron chi connectivity index (χ3n) is 3.53. The van der Waals surface area contributed by atoms with Crippen molar-refractivity contribution in [2.75, 3.05) is 0 Å². The molecule has 2 aromatic rings. The number of primary amides is 1. The summed E-state index contributed by atoms with van der Waals surface area (Å²) in [6.07, 6.45) is -1.12. The van der Waals surface area contributed by atoms with E-state index in [9.17, 15) is 14.4 Å². The molecule has 27 heavy (non-hydrogen) atoms. The number of nitrogens with two attached hydrogens (primary N) is 1. The minimum atomic E-state index is -1.12. The Labute approximate surface area is 165 Å². The van der Waals surface area contributed by atoms with E-state index < -0.39 is 24.0 Å². The van der Waals surface area contributed by atoms with Crippen molar-refractivity contribution >= 4 is 41.0 Å². The summed E-state index contributed by atoms with van der Waals surface area (Å²) in [6, 6.07) is 6.05. The molecule has 0 spiro atoms. The first-order valence-corrected chi connectivity index (χ1v) is 10.1. The van der Waals surface area contributed by atoms with E-state index in [2.05, 4.69) is 4.98 Å². The monoisotopic (exact) mass is 407 g/mol. The highest BCUT2D eigenvalue weighted by Gasteiger charge is 2.28. The topological polar surface area (TPSA) is 111 Å². The molecule has 0 aliphatic rings. The number of imide groups is 1. The average Bonchev–Trinajstić information content (AvgIpc) is 3.02. The van der Waals surface area contributed by atoms with E-state index in [0.717, 1.165) is 15.6 Å². The van der Waals surface area contributed by atoms with Gasteiger partial charge in [0, 0.05) is 16.8 Å². The number of hydrogen-bond donors (Lipinski definition) is 2. The van der Waals surface area contributed by atoms with E-state index in [4.69, 9.17) is 10.5 Å². The van der Waals surface area contributed by atoms with Gasteiger partial charge in [0.1, 0.15) is 4.34 Å². The summed E-state index contributed by atoms with van der Waals surface area (Å²) < 4.78 is 6.29. The number of carbonyl (C=O) groups is 3. The number of thiazole rings is 1. The van der Waals surface area contributed by atoms with Crippen LogP contribution in [0, 0.1) is 12.8 Å². The van der Waals surface area contributed by atoms with Gasteiger partial charge in [-0.3, -0.25) is 10.1 Å². The number of nitrogens with zero attached hydrogens (tertiary/aromatic N) is 1. The zero-order valence-corrected chi connectivity index (χ0v) is 16.9. The number of nitrogens with one attached hydrogen (secondary N) is 1. The van der Waals surface area contributed by atoms with Gasteiger partial charge in [-0.1, -0.05) is 43.8 Å². The van der Waals surface area contributed by atoms with Gasteiger partial charge < -0.3 is 10.5 Å². The summed E-state index contributed by atoms with van der Waals surface area (Å²) in [5, 5.41) is 3.92. The van der Waals surface area contributed by atoms with Crippen LogP contribution in [0.3, 0.4) is 0 Å². The lowest BCUT2D eigenvalue weighted by Gasteiger charge is -2.20. The van der Waals surface area contributed by atoms with Gasteiger partial charge in [-0.05, 0) is 24.5 Å². The second-order valence-electron chi connectivity index (χ2n) is 6.12. The van der Waals surface area contributed by atoms with Crippen molar-refractivity contribution in [2.24, 2.45) is 11.7 Å². The molecule has 144 valence electrons. The molecule has 0 saturated carbocycles. The van der Waals surface area contributed by atoms with Gasteiger partial charge in [-0.2, -0.15) is 0 Å². The molecule has 0 aliphatic carbocycles. The molecule has 1 aromatic carbocycles. The highest BCUT2D eigenvalue weighted by Crippen LogP contribution is 2.27. The van der Waals surface area contributed by atoms with Gasteiger partial charge >= 0.3 is 12.0 Å². The van der Waals surface area contributed by atoms with E-state index in [0.29, 0.717) is 11.3 Å². The van der Waals surface area contributed by atoms with Crippen LogP contribution in [0.1, 0.15) is 35.5 Å². The van der Waals surface area contributed by atoms with E-state index in [1.54, 1.807) is 37.3 Å². The van der Waals surface area contributed by atoms with Gasteiger partial charge in [0.05, 0.1) is 5.56 Å². The summed E-state index contributed by atoms with van der Waals surface area (Å²) in [5.74, 6) is -1.15. The molecule has 1 heterocycles. The Morgan fingerprint density at radius 2 is 2.00 bits per heavy atom. The Balaban J connectivity index is 2.12. The number of esters is 1. The lowest BCUT2D eigenvalue weighted by Crippen LogP contribution is -2.45. The van der Waals surface area contributed by atoms with Crippen LogP contribution in [0.4, 0.5) is 4.79 Å². The standard InChI is InChI=1S/C18H21N3O4S2/c1-10(2)14(15(22)21-17(19)24)25-16(23)13-7-5-4-6-12(13)9-27-18-20-11(3)8-26-18/h4-8,10,14H,9H2,1-3H3,(H3,19,21,22,24)/t14-/m1/s1. The average molecular weight is 408 g/mol. The number of thioether (sulfide) groups is 1. The van der Waals surface area contributed by atoms with Crippen LogP contribution in [0.2, 0.25) is 0 Å². The van der Waals surface area contributed by atoms with E-state index in [1.807, 2.05) is 29.8 Å². The molecule has 9 heteroatoms. The van der Waals surface area contributed by atoms with Gasteiger partial charge in [-0.25, -0.2) is 14.6 Å². The van der Waals surface area contributed by atoms with Crippen molar-refractivity contribution in [1.82, 2.24) is 10.3 Å². The number of aromatic nitrogens is 1. The largest absolute Gasteiger partial charge is 0.448 e. The maximum atomic E-state index is 12.6. The molecule has 0 radical (unpaired) electrons. The third-order valence-corrected chi connectivity index (χ3v) is 5.72. The number of benzene rings is 1. The lowest BCUT2D eigenvalue weighted by atomic mass is 10.1. The molecular formula is C18H21N3O4S2. The number of ether oxygens (including phenoxy) is 1.